The molecule has 0 aliphatic heterocycles. The second-order valence-electron chi connectivity index (χ2n) is 7.44. The molecule has 0 unspecified atom stereocenters. The van der Waals surface area contributed by atoms with Gasteiger partial charge in [-0.05, 0) is 43.6 Å². The Labute approximate surface area is 157 Å². The Morgan fingerprint density at radius 2 is 1.74 bits per heavy atom. The second kappa shape index (κ2) is 7.94. The van der Waals surface area contributed by atoms with Gasteiger partial charge in [-0.25, -0.2) is 9.59 Å². The predicted octanol–water partition coefficient (Wildman–Crippen LogP) is 0.912. The van der Waals surface area contributed by atoms with Crippen molar-refractivity contribution in [1.82, 2.24) is 14.1 Å². The van der Waals surface area contributed by atoms with Crippen molar-refractivity contribution in [3.63, 3.8) is 0 Å². The van der Waals surface area contributed by atoms with E-state index < -0.39 is 5.97 Å². The molecule has 1 heterocycles. The largest absolute Gasteiger partial charge is 0.466 e. The van der Waals surface area contributed by atoms with E-state index in [9.17, 15) is 14.4 Å². The number of carbonyl (C=O) groups excluding carboxylic acids is 1. The number of hydrogen-bond donors (Lipinski definition) is 0. The van der Waals surface area contributed by atoms with Crippen molar-refractivity contribution in [2.75, 3.05) is 21.2 Å². The molecular weight excluding hydrogens is 348 g/mol. The van der Waals surface area contributed by atoms with Crippen LogP contribution >= 0.6 is 0 Å². The topological polar surface area (TPSA) is 85.9 Å². The molecule has 0 atom stereocenters. The first-order valence-corrected chi connectivity index (χ1v) is 9.25. The van der Waals surface area contributed by atoms with E-state index in [1.807, 2.05) is 0 Å². The summed E-state index contributed by atoms with van der Waals surface area (Å²) in [6.45, 7) is 0.976. The number of carbonyl (C=O) groups is 1. The van der Waals surface area contributed by atoms with E-state index in [1.165, 1.54) is 30.0 Å². The summed E-state index contributed by atoms with van der Waals surface area (Å²) in [5, 5.41) is 5.82. The number of ether oxygens (including phenoxy) is 1. The van der Waals surface area contributed by atoms with Crippen molar-refractivity contribution in [1.29, 1.82) is 0 Å². The van der Waals surface area contributed by atoms with E-state index in [2.05, 4.69) is 9.84 Å². The van der Waals surface area contributed by atoms with E-state index in [-0.39, 0.29) is 16.8 Å². The summed E-state index contributed by atoms with van der Waals surface area (Å²) < 4.78 is 7.58. The molecule has 0 radical (unpaired) electrons. The third-order valence-corrected chi connectivity index (χ3v) is 4.78. The zero-order chi connectivity index (χ0) is 19.6. The van der Waals surface area contributed by atoms with Gasteiger partial charge in [0.1, 0.15) is 0 Å². The third-order valence-electron chi connectivity index (χ3n) is 4.78. The Morgan fingerprint density at radius 1 is 1.15 bits per heavy atom. The van der Waals surface area contributed by atoms with Crippen LogP contribution in [0.1, 0.15) is 36.9 Å². The van der Waals surface area contributed by atoms with Crippen LogP contribution in [0.4, 0.5) is 0 Å². The van der Waals surface area contributed by atoms with E-state index in [1.54, 1.807) is 23.7 Å². The fourth-order valence-corrected chi connectivity index (χ4v) is 2.88. The Hall–Kier alpha value is -2.64. The molecule has 27 heavy (non-hydrogen) atoms. The lowest BCUT2D eigenvalue weighted by Crippen LogP contribution is -2.43. The predicted molar refractivity (Wildman–Crippen MR) is 103 cm³/mol. The van der Waals surface area contributed by atoms with E-state index in [0.717, 1.165) is 25.7 Å². The number of methoxy groups -OCH3 is 1. The van der Waals surface area contributed by atoms with Crippen LogP contribution in [-0.2, 0) is 22.6 Å². The smallest absolute Gasteiger partial charge is 0.331 e. The molecule has 0 spiro atoms. The molecule has 8 heteroatoms. The maximum atomic E-state index is 13.1. The molecule has 0 saturated heterocycles. The molecule has 146 valence electrons. The van der Waals surface area contributed by atoms with Gasteiger partial charge in [0, 0.05) is 33.3 Å². The lowest BCUT2D eigenvalue weighted by Gasteiger charge is -2.16. The van der Waals surface area contributed by atoms with Gasteiger partial charge in [-0.2, -0.15) is 5.10 Å². The zero-order valence-electron chi connectivity index (χ0n) is 16.1. The van der Waals surface area contributed by atoms with Gasteiger partial charge in [-0.3, -0.25) is 13.9 Å². The molecule has 2 saturated carbocycles. The Morgan fingerprint density at radius 3 is 2.26 bits per heavy atom. The summed E-state index contributed by atoms with van der Waals surface area (Å²) in [5.74, 6) is 0.264. The Bertz CT molecular complexity index is 886. The number of esters is 1. The Kier molecular flexibility index (Phi) is 5.62. The highest BCUT2D eigenvalue weighted by atomic mass is 16.5. The molecule has 3 rings (SSSR count). The molecule has 0 N–H and O–H groups in total. The van der Waals surface area contributed by atoms with Crippen LogP contribution in [0.5, 0.6) is 0 Å². The van der Waals surface area contributed by atoms with Crippen LogP contribution in [0.25, 0.3) is 6.08 Å². The highest BCUT2D eigenvalue weighted by Crippen LogP contribution is 2.31. The van der Waals surface area contributed by atoms with Crippen LogP contribution in [-0.4, -0.2) is 47.5 Å². The first-order valence-electron chi connectivity index (χ1n) is 9.25. The number of hydrogen-bond acceptors (Lipinski definition) is 6. The van der Waals surface area contributed by atoms with Gasteiger partial charge in [0.2, 0.25) is 0 Å². The molecule has 1 aromatic rings. The lowest BCUT2D eigenvalue weighted by atomic mass is 10.2. The van der Waals surface area contributed by atoms with Crippen LogP contribution in [0.2, 0.25) is 0 Å². The lowest BCUT2D eigenvalue weighted by molar-refractivity contribution is -0.134. The molecule has 0 aromatic carbocycles. The highest BCUT2D eigenvalue weighted by Gasteiger charge is 2.28. The number of hydrazone groups is 1. The minimum Gasteiger partial charge on any atom is -0.466 e. The molecule has 0 amide bonds. The molecule has 2 fully saturated rings. The summed E-state index contributed by atoms with van der Waals surface area (Å²) in [5.41, 5.74) is 0.0261. The van der Waals surface area contributed by atoms with Gasteiger partial charge in [0.15, 0.2) is 0 Å². The highest BCUT2D eigenvalue weighted by molar-refractivity contribution is 5.90. The third kappa shape index (κ3) is 4.75. The summed E-state index contributed by atoms with van der Waals surface area (Å²) >= 11 is 0. The van der Waals surface area contributed by atoms with Gasteiger partial charge in [-0.1, -0.05) is 0 Å². The maximum absolute atomic E-state index is 13.1. The standard InChI is InChI=1S/C19H26N4O4/c1-21(2)20-10-16-15(8-9-17(24)27-3)18(25)23(12-14-6-7-14)19(26)22(16)11-13-4-5-13/h8-10,13-14H,4-7,11-12H2,1-3H3/b9-8+,20-10?. The fourth-order valence-electron chi connectivity index (χ4n) is 2.88. The fraction of sp³-hybridized carbons (Fsp3) is 0.579. The van der Waals surface area contributed by atoms with Crippen molar-refractivity contribution in [2.24, 2.45) is 16.9 Å². The number of aromatic nitrogens is 2. The minimum absolute atomic E-state index is 0.284. The van der Waals surface area contributed by atoms with Crippen molar-refractivity contribution >= 4 is 18.3 Å². The average molecular weight is 374 g/mol. The first-order chi connectivity index (χ1) is 12.9. The normalized spacial score (nSPS) is 17.0. The van der Waals surface area contributed by atoms with Gasteiger partial charge in [0.25, 0.3) is 5.56 Å². The first kappa shape index (κ1) is 19.1. The average Bonchev–Trinajstić information content (AvgIpc) is 3.53. The second-order valence-corrected chi connectivity index (χ2v) is 7.44. The summed E-state index contributed by atoms with van der Waals surface area (Å²) in [7, 11) is 4.80. The van der Waals surface area contributed by atoms with E-state index in [0.29, 0.717) is 30.6 Å². The molecule has 0 bridgehead atoms. The van der Waals surface area contributed by atoms with Gasteiger partial charge in [0.05, 0.1) is 24.6 Å². The summed E-state index contributed by atoms with van der Waals surface area (Å²) in [4.78, 5) is 37.7. The van der Waals surface area contributed by atoms with Crippen molar-refractivity contribution in [2.45, 2.75) is 38.8 Å². The maximum Gasteiger partial charge on any atom is 0.331 e. The monoisotopic (exact) mass is 374 g/mol. The van der Waals surface area contributed by atoms with Crippen LogP contribution in [0.3, 0.4) is 0 Å². The quantitative estimate of drug-likeness (QED) is 0.292. The van der Waals surface area contributed by atoms with E-state index >= 15 is 0 Å². The van der Waals surface area contributed by atoms with E-state index in [4.69, 9.17) is 0 Å². The zero-order valence-corrected chi connectivity index (χ0v) is 16.1. The van der Waals surface area contributed by atoms with Crippen LogP contribution in [0, 0.1) is 11.8 Å². The molecular formula is C19H26N4O4. The number of nitrogens with zero attached hydrogens (tertiary/aromatic N) is 4. The minimum atomic E-state index is -0.557. The van der Waals surface area contributed by atoms with Crippen LogP contribution in [0.15, 0.2) is 20.8 Å². The molecule has 2 aliphatic rings. The van der Waals surface area contributed by atoms with Crippen molar-refractivity contribution in [3.8, 4) is 0 Å². The summed E-state index contributed by atoms with van der Waals surface area (Å²) in [6.07, 6.45) is 8.37. The van der Waals surface area contributed by atoms with Gasteiger partial charge >= 0.3 is 11.7 Å². The molecule has 8 nitrogen and oxygen atoms in total. The van der Waals surface area contributed by atoms with Gasteiger partial charge in [-0.15, -0.1) is 0 Å². The van der Waals surface area contributed by atoms with Gasteiger partial charge < -0.3 is 9.75 Å². The van der Waals surface area contributed by atoms with Crippen LogP contribution < -0.4 is 11.2 Å². The molecule has 1 aromatic heterocycles. The SMILES string of the molecule is COC(=O)/C=C/c1c(C=NN(C)C)n(CC2CC2)c(=O)n(CC2CC2)c1=O. The molecule has 2 aliphatic carbocycles. The van der Waals surface area contributed by atoms with Crippen molar-refractivity contribution in [3.05, 3.63) is 38.2 Å². The Balaban J connectivity index is 2.18. The number of rotatable bonds is 8. The van der Waals surface area contributed by atoms with Crippen molar-refractivity contribution < 1.29 is 9.53 Å². The summed E-state index contributed by atoms with van der Waals surface area (Å²) in [6, 6.07) is 0.